The molecule has 11 heteroatoms. The van der Waals surface area contributed by atoms with Crippen molar-refractivity contribution in [2.75, 3.05) is 11.3 Å². The minimum absolute atomic E-state index is 0.127. The Morgan fingerprint density at radius 3 is 2.50 bits per heavy atom. The second-order valence-electron chi connectivity index (χ2n) is 3.84. The van der Waals surface area contributed by atoms with Crippen LogP contribution in [0.5, 0.6) is 0 Å². The SMILES string of the molecule is CCOC(=O)c1nnc(NS(=O)(=O)c2cc(F)cc(F)c2)s1. The largest absolute Gasteiger partial charge is 0.461 e. The smallest absolute Gasteiger partial charge is 0.369 e. The fourth-order valence-electron chi connectivity index (χ4n) is 1.40. The van der Waals surface area contributed by atoms with Crippen LogP contribution in [0.15, 0.2) is 23.1 Å². The Labute approximate surface area is 128 Å². The highest BCUT2D eigenvalue weighted by atomic mass is 32.2. The van der Waals surface area contributed by atoms with E-state index in [1.807, 2.05) is 4.72 Å². The molecule has 1 aromatic heterocycles. The average molecular weight is 349 g/mol. The minimum Gasteiger partial charge on any atom is -0.461 e. The molecule has 0 atom stereocenters. The van der Waals surface area contributed by atoms with E-state index in [1.54, 1.807) is 6.92 Å². The maximum atomic E-state index is 13.1. The summed E-state index contributed by atoms with van der Waals surface area (Å²) in [6.07, 6.45) is 0. The molecule has 0 aliphatic rings. The molecule has 2 rings (SSSR count). The van der Waals surface area contributed by atoms with Crippen LogP contribution in [0, 0.1) is 11.6 Å². The number of rotatable bonds is 5. The van der Waals surface area contributed by atoms with Gasteiger partial charge in [0, 0.05) is 6.07 Å². The summed E-state index contributed by atoms with van der Waals surface area (Å²) in [5.41, 5.74) is 0. The molecule has 7 nitrogen and oxygen atoms in total. The van der Waals surface area contributed by atoms with Crippen LogP contribution in [-0.2, 0) is 14.8 Å². The first-order chi connectivity index (χ1) is 10.3. The van der Waals surface area contributed by atoms with Gasteiger partial charge in [-0.05, 0) is 19.1 Å². The van der Waals surface area contributed by atoms with Crippen LogP contribution in [0.25, 0.3) is 0 Å². The zero-order chi connectivity index (χ0) is 16.3. The van der Waals surface area contributed by atoms with E-state index in [0.717, 1.165) is 0 Å². The second kappa shape index (κ2) is 6.32. The molecule has 1 aromatic carbocycles. The number of hydrogen-bond donors (Lipinski definition) is 1. The Balaban J connectivity index is 2.24. The lowest BCUT2D eigenvalue weighted by molar-refractivity contribution is 0.0525. The second-order valence-corrected chi connectivity index (χ2v) is 6.50. The summed E-state index contributed by atoms with van der Waals surface area (Å²) in [7, 11) is -4.26. The van der Waals surface area contributed by atoms with Gasteiger partial charge in [-0.2, -0.15) is 0 Å². The van der Waals surface area contributed by atoms with Crippen LogP contribution < -0.4 is 4.72 Å². The summed E-state index contributed by atoms with van der Waals surface area (Å²) in [5, 5.41) is 6.55. The van der Waals surface area contributed by atoms with Gasteiger partial charge in [-0.25, -0.2) is 22.0 Å². The molecular formula is C11H9F2N3O4S2. The third-order valence-electron chi connectivity index (χ3n) is 2.24. The highest BCUT2D eigenvalue weighted by Crippen LogP contribution is 2.21. The lowest BCUT2D eigenvalue weighted by Gasteiger charge is -2.04. The topological polar surface area (TPSA) is 98.2 Å². The van der Waals surface area contributed by atoms with Gasteiger partial charge in [0.15, 0.2) is 0 Å². The van der Waals surface area contributed by atoms with Crippen molar-refractivity contribution in [3.8, 4) is 0 Å². The van der Waals surface area contributed by atoms with Crippen LogP contribution in [0.4, 0.5) is 13.9 Å². The standard InChI is InChI=1S/C11H9F2N3O4S2/c1-2-20-10(17)9-14-15-11(21-9)16-22(18,19)8-4-6(12)3-7(13)5-8/h3-5H,2H2,1H3,(H,15,16). The molecule has 0 aliphatic heterocycles. The van der Waals surface area contributed by atoms with Gasteiger partial charge in [0.2, 0.25) is 10.1 Å². The number of nitrogens with zero attached hydrogens (tertiary/aromatic N) is 2. The summed E-state index contributed by atoms with van der Waals surface area (Å²) in [5.74, 6) is -2.82. The number of aromatic nitrogens is 2. The monoisotopic (exact) mass is 349 g/mol. The van der Waals surface area contributed by atoms with Crippen molar-refractivity contribution in [1.82, 2.24) is 10.2 Å². The number of carbonyl (C=O) groups excluding carboxylic acids is 1. The maximum Gasteiger partial charge on any atom is 0.369 e. The average Bonchev–Trinajstić information content (AvgIpc) is 2.85. The number of anilines is 1. The van der Waals surface area contributed by atoms with Crippen molar-refractivity contribution in [3.05, 3.63) is 34.8 Å². The Morgan fingerprint density at radius 2 is 1.91 bits per heavy atom. The summed E-state index contributed by atoms with van der Waals surface area (Å²) >= 11 is 0.636. The number of hydrogen-bond acceptors (Lipinski definition) is 7. The van der Waals surface area contributed by atoms with Crippen LogP contribution in [0.1, 0.15) is 16.7 Å². The molecule has 2 aromatic rings. The van der Waals surface area contributed by atoms with E-state index in [-0.39, 0.29) is 16.7 Å². The summed E-state index contributed by atoms with van der Waals surface area (Å²) in [6, 6.07) is 1.85. The van der Waals surface area contributed by atoms with Crippen LogP contribution in [0.3, 0.4) is 0 Å². The summed E-state index contributed by atoms with van der Waals surface area (Å²) in [6.45, 7) is 1.73. The van der Waals surface area contributed by atoms with E-state index in [9.17, 15) is 22.0 Å². The zero-order valence-electron chi connectivity index (χ0n) is 11.0. The first kappa shape index (κ1) is 16.2. The predicted octanol–water partition coefficient (Wildman–Crippen LogP) is 1.79. The molecule has 118 valence electrons. The number of esters is 1. The van der Waals surface area contributed by atoms with E-state index < -0.39 is 32.5 Å². The molecule has 0 spiro atoms. The van der Waals surface area contributed by atoms with E-state index in [0.29, 0.717) is 29.5 Å². The molecule has 1 heterocycles. The van der Waals surface area contributed by atoms with Crippen molar-refractivity contribution in [1.29, 1.82) is 0 Å². The minimum atomic E-state index is -4.26. The van der Waals surface area contributed by atoms with Crippen LogP contribution in [-0.4, -0.2) is 31.2 Å². The molecule has 0 aliphatic carbocycles. The van der Waals surface area contributed by atoms with Crippen molar-refractivity contribution in [3.63, 3.8) is 0 Å². The van der Waals surface area contributed by atoms with E-state index in [1.165, 1.54) is 0 Å². The fourth-order valence-corrected chi connectivity index (χ4v) is 3.31. The normalized spacial score (nSPS) is 11.2. The predicted molar refractivity (Wildman–Crippen MR) is 73.0 cm³/mol. The highest BCUT2D eigenvalue weighted by Gasteiger charge is 2.20. The summed E-state index contributed by atoms with van der Waals surface area (Å²) < 4.78 is 56.8. The van der Waals surface area contributed by atoms with Crippen molar-refractivity contribution >= 4 is 32.5 Å². The van der Waals surface area contributed by atoms with Crippen molar-refractivity contribution in [2.45, 2.75) is 11.8 Å². The number of carbonyl (C=O) groups is 1. The van der Waals surface area contributed by atoms with Gasteiger partial charge in [0.25, 0.3) is 10.0 Å². The molecule has 1 N–H and O–H groups in total. The molecule has 0 unspecified atom stereocenters. The lowest BCUT2D eigenvalue weighted by atomic mass is 10.3. The third-order valence-corrected chi connectivity index (χ3v) is 4.51. The number of benzene rings is 1. The van der Waals surface area contributed by atoms with Gasteiger partial charge >= 0.3 is 5.97 Å². The Morgan fingerprint density at radius 1 is 1.27 bits per heavy atom. The van der Waals surface area contributed by atoms with Gasteiger partial charge in [-0.3, -0.25) is 4.72 Å². The third kappa shape index (κ3) is 3.74. The first-order valence-corrected chi connectivity index (χ1v) is 8.11. The van der Waals surface area contributed by atoms with Gasteiger partial charge in [0.1, 0.15) is 11.6 Å². The quantitative estimate of drug-likeness (QED) is 0.827. The maximum absolute atomic E-state index is 13.1. The Bertz CT molecular complexity index is 787. The Hall–Kier alpha value is -2.14. The fraction of sp³-hybridized carbons (Fsp3) is 0.182. The Kier molecular flexibility index (Phi) is 4.66. The van der Waals surface area contributed by atoms with E-state index in [4.69, 9.17) is 0 Å². The first-order valence-electron chi connectivity index (χ1n) is 5.81. The molecule has 0 amide bonds. The lowest BCUT2D eigenvalue weighted by Crippen LogP contribution is -2.13. The van der Waals surface area contributed by atoms with Crippen molar-refractivity contribution in [2.24, 2.45) is 0 Å². The van der Waals surface area contributed by atoms with Crippen LogP contribution in [0.2, 0.25) is 0 Å². The van der Waals surface area contributed by atoms with Gasteiger partial charge in [0.05, 0.1) is 11.5 Å². The van der Waals surface area contributed by atoms with Gasteiger partial charge < -0.3 is 4.74 Å². The number of ether oxygens (including phenoxy) is 1. The molecule has 0 radical (unpaired) electrons. The molecule has 0 saturated heterocycles. The number of halogens is 2. The molecular weight excluding hydrogens is 340 g/mol. The highest BCUT2D eigenvalue weighted by molar-refractivity contribution is 7.93. The van der Waals surface area contributed by atoms with Gasteiger partial charge in [-0.15, -0.1) is 10.2 Å². The van der Waals surface area contributed by atoms with E-state index >= 15 is 0 Å². The number of nitrogens with one attached hydrogen (secondary N) is 1. The van der Waals surface area contributed by atoms with Gasteiger partial charge in [-0.1, -0.05) is 11.3 Å². The summed E-state index contributed by atoms with van der Waals surface area (Å²) in [4.78, 5) is 10.8. The van der Waals surface area contributed by atoms with E-state index in [2.05, 4.69) is 14.9 Å². The molecule has 0 bridgehead atoms. The molecule has 0 saturated carbocycles. The number of sulfonamides is 1. The molecule has 22 heavy (non-hydrogen) atoms. The van der Waals surface area contributed by atoms with Crippen LogP contribution >= 0.6 is 11.3 Å². The zero-order valence-corrected chi connectivity index (χ0v) is 12.7. The molecule has 0 fully saturated rings. The van der Waals surface area contributed by atoms with Crippen molar-refractivity contribution < 1.29 is 26.7 Å².